The fourth-order valence-corrected chi connectivity index (χ4v) is 6.15. The Kier molecular flexibility index (Phi) is 6.21. The molecular weight excluding hydrogens is 498 g/mol. The van der Waals surface area contributed by atoms with Crippen molar-refractivity contribution in [1.82, 2.24) is 19.1 Å². The highest BCUT2D eigenvalue weighted by Crippen LogP contribution is 2.38. The summed E-state index contributed by atoms with van der Waals surface area (Å²) in [6, 6.07) is 20.9. The lowest BCUT2D eigenvalue weighted by atomic mass is 10.0. The number of piperidine rings is 1. The van der Waals surface area contributed by atoms with Crippen LogP contribution in [-0.4, -0.2) is 49.2 Å². The first kappa shape index (κ1) is 25.1. The van der Waals surface area contributed by atoms with Crippen LogP contribution in [0.15, 0.2) is 66.9 Å². The number of likely N-dealkylation sites (tertiary alicyclic amines) is 1. The predicted octanol–water partition coefficient (Wildman–Crippen LogP) is 5.40. The maximum absolute atomic E-state index is 13.3. The number of aliphatic hydroxyl groups is 1. The van der Waals surface area contributed by atoms with Gasteiger partial charge in [-0.2, -0.15) is 5.10 Å². The topological polar surface area (TPSA) is 88.8 Å². The Balaban J connectivity index is 1.30. The fourth-order valence-electron chi connectivity index (χ4n) is 6.15. The molecule has 1 aliphatic heterocycles. The van der Waals surface area contributed by atoms with Crippen LogP contribution in [0.2, 0.25) is 0 Å². The number of aryl methyl sites for hydroxylation is 1. The third-order valence-corrected chi connectivity index (χ3v) is 8.60. The average molecular weight is 534 g/mol. The number of hydrogen-bond acceptors (Lipinski definition) is 4. The van der Waals surface area contributed by atoms with Gasteiger partial charge in [-0.1, -0.05) is 30.3 Å². The molecule has 1 aliphatic carbocycles. The first-order chi connectivity index (χ1) is 19.5. The summed E-state index contributed by atoms with van der Waals surface area (Å²) in [6.07, 6.45) is 6.30. The number of hydrogen-bond donors (Lipinski definition) is 2. The predicted molar refractivity (Wildman–Crippen MR) is 158 cm³/mol. The molecule has 40 heavy (non-hydrogen) atoms. The highest BCUT2D eigenvalue weighted by molar-refractivity contribution is 5.95. The van der Waals surface area contributed by atoms with Crippen molar-refractivity contribution in [3.8, 4) is 22.5 Å². The van der Waals surface area contributed by atoms with E-state index in [9.17, 15) is 9.90 Å². The number of fused-ring (bicyclic) bond motifs is 2. The van der Waals surface area contributed by atoms with E-state index in [-0.39, 0.29) is 18.6 Å². The smallest absolute Gasteiger partial charge is 0.255 e. The van der Waals surface area contributed by atoms with Crippen LogP contribution in [0.5, 0.6) is 0 Å². The second-order valence-electron chi connectivity index (χ2n) is 11.6. The molecule has 0 unspecified atom stereocenters. The number of carbonyl (C=O) groups excluding carboxylic acids is 1. The summed E-state index contributed by atoms with van der Waals surface area (Å²) in [4.78, 5) is 15.1. The Morgan fingerprint density at radius 3 is 2.67 bits per heavy atom. The van der Waals surface area contributed by atoms with Crippen LogP contribution in [-0.2, 0) is 13.2 Å². The lowest BCUT2D eigenvalue weighted by Gasteiger charge is -2.30. The van der Waals surface area contributed by atoms with E-state index in [4.69, 9.17) is 10.8 Å². The number of pyridine rings is 1. The van der Waals surface area contributed by atoms with E-state index in [1.165, 1.54) is 23.7 Å². The number of nitrogens with two attached hydrogens (primary N) is 1. The highest BCUT2D eigenvalue weighted by Gasteiger charge is 2.27. The maximum atomic E-state index is 13.3. The van der Waals surface area contributed by atoms with Crippen LogP contribution in [0.1, 0.15) is 47.2 Å². The van der Waals surface area contributed by atoms with E-state index in [1.807, 2.05) is 39.9 Å². The monoisotopic (exact) mass is 533 g/mol. The van der Waals surface area contributed by atoms with Gasteiger partial charge < -0.3 is 20.3 Å². The van der Waals surface area contributed by atoms with Crippen molar-refractivity contribution in [1.29, 1.82) is 0 Å². The zero-order chi connectivity index (χ0) is 27.4. The van der Waals surface area contributed by atoms with E-state index in [2.05, 4.69) is 47.9 Å². The zero-order valence-corrected chi connectivity index (χ0v) is 22.9. The van der Waals surface area contributed by atoms with Crippen molar-refractivity contribution in [2.45, 2.75) is 51.8 Å². The summed E-state index contributed by atoms with van der Waals surface area (Å²) < 4.78 is 4.30. The first-order valence-corrected chi connectivity index (χ1v) is 14.4. The lowest BCUT2D eigenvalue weighted by molar-refractivity contribution is 0.0708. The van der Waals surface area contributed by atoms with Gasteiger partial charge in [-0.25, -0.2) is 4.52 Å². The highest BCUT2D eigenvalue weighted by atomic mass is 16.3. The zero-order valence-electron chi connectivity index (χ0n) is 22.9. The molecule has 1 saturated carbocycles. The molecule has 2 aliphatic rings. The van der Waals surface area contributed by atoms with Crippen molar-refractivity contribution in [2.75, 3.05) is 13.1 Å². The van der Waals surface area contributed by atoms with Crippen LogP contribution in [0.4, 0.5) is 0 Å². The molecule has 204 valence electrons. The minimum atomic E-state index is 0.0207. The van der Waals surface area contributed by atoms with Gasteiger partial charge in [0.15, 0.2) is 0 Å². The number of nitrogens with zero attached hydrogens (tertiary/aromatic N) is 4. The van der Waals surface area contributed by atoms with Gasteiger partial charge in [0.1, 0.15) is 5.69 Å². The second kappa shape index (κ2) is 9.91. The minimum Gasteiger partial charge on any atom is -0.392 e. The van der Waals surface area contributed by atoms with Gasteiger partial charge in [-0.05, 0) is 85.5 Å². The Morgan fingerprint density at radius 2 is 1.88 bits per heavy atom. The van der Waals surface area contributed by atoms with Crippen molar-refractivity contribution in [3.05, 3.63) is 83.6 Å². The number of benzene rings is 2. The van der Waals surface area contributed by atoms with Crippen LogP contribution in [0.25, 0.3) is 38.9 Å². The Bertz CT molecular complexity index is 1740. The molecule has 1 amide bonds. The normalized spacial score (nSPS) is 17.7. The van der Waals surface area contributed by atoms with E-state index in [0.29, 0.717) is 18.0 Å². The number of amides is 1. The molecule has 7 rings (SSSR count). The van der Waals surface area contributed by atoms with E-state index in [1.54, 1.807) is 0 Å². The van der Waals surface area contributed by atoms with Gasteiger partial charge in [-0.15, -0.1) is 0 Å². The maximum Gasteiger partial charge on any atom is 0.255 e. The quantitative estimate of drug-likeness (QED) is 0.306. The van der Waals surface area contributed by atoms with Crippen LogP contribution in [0, 0.1) is 12.8 Å². The van der Waals surface area contributed by atoms with Gasteiger partial charge in [0, 0.05) is 48.3 Å². The van der Waals surface area contributed by atoms with Gasteiger partial charge in [0.2, 0.25) is 0 Å². The second-order valence-corrected chi connectivity index (χ2v) is 11.6. The lowest BCUT2D eigenvalue weighted by Crippen LogP contribution is -2.45. The molecule has 5 aromatic rings. The van der Waals surface area contributed by atoms with Crippen molar-refractivity contribution >= 4 is 22.3 Å². The molecule has 0 bridgehead atoms. The molecule has 3 aromatic heterocycles. The minimum absolute atomic E-state index is 0.0207. The van der Waals surface area contributed by atoms with E-state index in [0.717, 1.165) is 65.1 Å². The molecule has 7 nitrogen and oxygen atoms in total. The van der Waals surface area contributed by atoms with Crippen molar-refractivity contribution in [2.24, 2.45) is 11.7 Å². The average Bonchev–Trinajstić information content (AvgIpc) is 3.66. The fraction of sp³-hybridized carbons (Fsp3) is 0.333. The summed E-state index contributed by atoms with van der Waals surface area (Å²) in [6.45, 7) is 4.47. The van der Waals surface area contributed by atoms with Crippen molar-refractivity contribution < 1.29 is 9.90 Å². The molecule has 1 atom stereocenters. The Labute approximate surface area is 233 Å². The van der Waals surface area contributed by atoms with Crippen LogP contribution < -0.4 is 5.73 Å². The SMILES string of the molecule is Cc1c(-c2cc3ccc(-c4cccc(CO)c4)cc3n2CC2CC2)nn2cc(C(=O)N3CCC[C@@H](N)C3)ccc12. The summed E-state index contributed by atoms with van der Waals surface area (Å²) in [5, 5.41) is 15.9. The van der Waals surface area contributed by atoms with Crippen LogP contribution >= 0.6 is 0 Å². The van der Waals surface area contributed by atoms with Crippen LogP contribution in [0.3, 0.4) is 0 Å². The van der Waals surface area contributed by atoms with Gasteiger partial charge in [0.25, 0.3) is 5.91 Å². The largest absolute Gasteiger partial charge is 0.392 e. The Morgan fingerprint density at radius 1 is 1.02 bits per heavy atom. The standard InChI is InChI=1S/C33H35N5O2/c1-21-29-12-11-27(33(40)36-13-3-6-28(34)19-36)18-38(29)35-32(21)31-16-26-10-9-25(24-5-2-4-23(14-24)20-39)15-30(26)37(31)17-22-7-8-22/h2,4-5,9-12,14-16,18,22,28,39H,3,6-8,13,17,19-20,34H2,1H3/t28-/m1/s1. The summed E-state index contributed by atoms with van der Waals surface area (Å²) >= 11 is 0. The molecule has 2 fully saturated rings. The number of aliphatic hydroxyl groups excluding tert-OH is 1. The van der Waals surface area contributed by atoms with Gasteiger partial charge in [-0.3, -0.25) is 4.79 Å². The molecule has 0 spiro atoms. The number of aromatic nitrogens is 3. The van der Waals surface area contributed by atoms with E-state index >= 15 is 0 Å². The molecule has 7 heteroatoms. The van der Waals surface area contributed by atoms with Crippen molar-refractivity contribution in [3.63, 3.8) is 0 Å². The summed E-state index contributed by atoms with van der Waals surface area (Å²) in [5.74, 6) is 0.709. The van der Waals surface area contributed by atoms with E-state index < -0.39 is 0 Å². The van der Waals surface area contributed by atoms with Gasteiger partial charge >= 0.3 is 0 Å². The summed E-state index contributed by atoms with van der Waals surface area (Å²) in [5.41, 5.74) is 15.3. The number of carbonyl (C=O) groups is 1. The molecule has 0 radical (unpaired) electrons. The molecule has 3 N–H and O–H groups in total. The summed E-state index contributed by atoms with van der Waals surface area (Å²) in [7, 11) is 0. The molecule has 2 aromatic carbocycles. The van der Waals surface area contributed by atoms with Gasteiger partial charge in [0.05, 0.1) is 23.4 Å². The first-order valence-electron chi connectivity index (χ1n) is 14.4. The molecular formula is C33H35N5O2. The third kappa shape index (κ3) is 4.49. The Hall–Kier alpha value is -3.94. The third-order valence-electron chi connectivity index (χ3n) is 8.60. The molecule has 1 saturated heterocycles. The molecule has 4 heterocycles. The number of rotatable bonds is 6.